The Balaban J connectivity index is 0.00000306. The number of carbonyl (C=O) groups excluding carboxylic acids is 1. The molecule has 0 spiro atoms. The third-order valence-corrected chi connectivity index (χ3v) is 4.95. The second-order valence-corrected chi connectivity index (χ2v) is 7.00. The van der Waals surface area contributed by atoms with Gasteiger partial charge in [0, 0.05) is 6.20 Å². The van der Waals surface area contributed by atoms with Gasteiger partial charge in [-0.05, 0) is 38.5 Å². The summed E-state index contributed by atoms with van der Waals surface area (Å²) in [6, 6.07) is 3.24. The van der Waals surface area contributed by atoms with Crippen molar-refractivity contribution in [1.29, 1.82) is 0 Å². The van der Waals surface area contributed by atoms with Crippen molar-refractivity contribution in [1.82, 2.24) is 29.5 Å². The summed E-state index contributed by atoms with van der Waals surface area (Å²) in [6.07, 6.45) is 2.82. The number of hydrogen-bond acceptors (Lipinski definition) is 7. The molecule has 12 heteroatoms. The third kappa shape index (κ3) is 4.38. The van der Waals surface area contributed by atoms with E-state index in [0.29, 0.717) is 22.3 Å². The van der Waals surface area contributed by atoms with Crippen LogP contribution < -0.4 is 4.74 Å². The highest BCUT2D eigenvalue weighted by Crippen LogP contribution is 2.31. The van der Waals surface area contributed by atoms with Crippen LogP contribution >= 0.6 is 13.5 Å². The van der Waals surface area contributed by atoms with Crippen LogP contribution in [0.15, 0.2) is 30.6 Å². The van der Waals surface area contributed by atoms with E-state index >= 15 is 0 Å². The number of hydrogen-bond donors (Lipinski definition) is 0. The highest BCUT2D eigenvalue weighted by Gasteiger charge is 2.23. The number of nitrogens with zero attached hydrogens (tertiary/aromatic N) is 6. The second kappa shape index (κ2) is 9.53. The van der Waals surface area contributed by atoms with Gasteiger partial charge in [0.05, 0.1) is 37.2 Å². The Morgan fingerprint density at radius 2 is 1.97 bits per heavy atom. The number of esters is 1. The van der Waals surface area contributed by atoms with Crippen LogP contribution in [0.3, 0.4) is 0 Å². The molecule has 0 saturated carbocycles. The van der Waals surface area contributed by atoms with Crippen molar-refractivity contribution < 1.29 is 23.0 Å². The summed E-state index contributed by atoms with van der Waals surface area (Å²) in [7, 11) is 1.45. The van der Waals surface area contributed by atoms with Crippen LogP contribution in [0.1, 0.15) is 41.5 Å². The molecule has 0 aliphatic heterocycles. The molecule has 0 amide bonds. The minimum atomic E-state index is -0.941. The molecule has 4 aromatic rings. The lowest BCUT2D eigenvalue weighted by Gasteiger charge is -2.15. The zero-order valence-electron chi connectivity index (χ0n) is 18.3. The minimum Gasteiger partial charge on any atom is -0.479 e. The van der Waals surface area contributed by atoms with Crippen LogP contribution in [0.25, 0.3) is 17.0 Å². The summed E-state index contributed by atoms with van der Waals surface area (Å²) in [5.41, 5.74) is 2.34. The van der Waals surface area contributed by atoms with Gasteiger partial charge in [0.2, 0.25) is 5.88 Å². The first-order valence-corrected chi connectivity index (χ1v) is 9.82. The number of aromatic nitrogens is 6. The summed E-state index contributed by atoms with van der Waals surface area (Å²) < 4.78 is 40.5. The second-order valence-electron chi connectivity index (χ2n) is 7.00. The molecule has 1 aromatic carbocycles. The van der Waals surface area contributed by atoms with Crippen molar-refractivity contribution in [2.45, 2.75) is 26.8 Å². The fourth-order valence-electron chi connectivity index (χ4n) is 3.33. The van der Waals surface area contributed by atoms with Crippen LogP contribution in [-0.4, -0.2) is 49.2 Å². The SMILES string of the molecule is CCOC(=O)c1cnn(-c2nc(OC)c3c(n2)c(C)nn3[C@@H](C)c2ccc(F)c(F)c2)c1.S. The summed E-state index contributed by atoms with van der Waals surface area (Å²) in [5.74, 6) is -1.98. The van der Waals surface area contributed by atoms with E-state index < -0.39 is 23.6 Å². The Labute approximate surface area is 194 Å². The number of benzene rings is 1. The van der Waals surface area contributed by atoms with Gasteiger partial charge in [-0.2, -0.15) is 28.7 Å². The average molecular weight is 477 g/mol. The molecule has 0 unspecified atom stereocenters. The van der Waals surface area contributed by atoms with Gasteiger partial charge in [0.1, 0.15) is 11.0 Å². The molecule has 3 aromatic heterocycles. The van der Waals surface area contributed by atoms with Gasteiger partial charge < -0.3 is 9.47 Å². The Morgan fingerprint density at radius 1 is 1.21 bits per heavy atom. The largest absolute Gasteiger partial charge is 0.479 e. The molecule has 3 heterocycles. The Hall–Kier alpha value is -3.54. The number of fused-ring (bicyclic) bond motifs is 1. The van der Waals surface area contributed by atoms with Crippen LogP contribution in [0.4, 0.5) is 8.78 Å². The van der Waals surface area contributed by atoms with E-state index in [-0.39, 0.29) is 37.5 Å². The van der Waals surface area contributed by atoms with Gasteiger partial charge in [0.15, 0.2) is 11.6 Å². The normalized spacial score (nSPS) is 11.8. The summed E-state index contributed by atoms with van der Waals surface area (Å²) >= 11 is 0. The molecular formula is C21H22F2N6O3S. The Morgan fingerprint density at radius 3 is 2.64 bits per heavy atom. The van der Waals surface area contributed by atoms with Crippen LogP contribution in [0.2, 0.25) is 0 Å². The molecule has 0 fully saturated rings. The maximum atomic E-state index is 13.8. The van der Waals surface area contributed by atoms with Crippen molar-refractivity contribution >= 4 is 30.5 Å². The number of methoxy groups -OCH3 is 1. The molecule has 0 aliphatic carbocycles. The Bertz CT molecular complexity index is 1320. The van der Waals surface area contributed by atoms with Gasteiger partial charge in [-0.15, -0.1) is 0 Å². The molecular weight excluding hydrogens is 454 g/mol. The van der Waals surface area contributed by atoms with E-state index in [4.69, 9.17) is 9.47 Å². The fourth-order valence-corrected chi connectivity index (χ4v) is 3.33. The van der Waals surface area contributed by atoms with E-state index in [0.717, 1.165) is 12.1 Å². The molecule has 0 saturated heterocycles. The van der Waals surface area contributed by atoms with Gasteiger partial charge in [-0.25, -0.2) is 23.2 Å². The molecule has 33 heavy (non-hydrogen) atoms. The van der Waals surface area contributed by atoms with Gasteiger partial charge >= 0.3 is 5.97 Å². The summed E-state index contributed by atoms with van der Waals surface area (Å²) in [5, 5.41) is 8.67. The van der Waals surface area contributed by atoms with Gasteiger partial charge in [-0.1, -0.05) is 6.07 Å². The highest BCUT2D eigenvalue weighted by atomic mass is 32.1. The van der Waals surface area contributed by atoms with Crippen molar-refractivity contribution in [2.24, 2.45) is 0 Å². The molecule has 0 N–H and O–H groups in total. The highest BCUT2D eigenvalue weighted by molar-refractivity contribution is 7.59. The first-order valence-electron chi connectivity index (χ1n) is 9.82. The number of aryl methyl sites for hydroxylation is 1. The lowest BCUT2D eigenvalue weighted by atomic mass is 10.1. The number of rotatable bonds is 6. The van der Waals surface area contributed by atoms with E-state index in [1.165, 1.54) is 30.3 Å². The molecule has 0 aliphatic rings. The van der Waals surface area contributed by atoms with Gasteiger partial charge in [0.25, 0.3) is 5.95 Å². The molecule has 0 bridgehead atoms. The van der Waals surface area contributed by atoms with E-state index in [1.54, 1.807) is 25.5 Å². The first-order chi connectivity index (χ1) is 15.3. The van der Waals surface area contributed by atoms with Crippen molar-refractivity contribution in [3.05, 3.63) is 59.0 Å². The van der Waals surface area contributed by atoms with Crippen LogP contribution in [0.5, 0.6) is 5.88 Å². The van der Waals surface area contributed by atoms with Crippen molar-refractivity contribution in [3.63, 3.8) is 0 Å². The molecule has 0 radical (unpaired) electrons. The predicted octanol–water partition coefficient (Wildman–Crippen LogP) is 3.51. The van der Waals surface area contributed by atoms with Crippen molar-refractivity contribution in [3.8, 4) is 11.8 Å². The number of ether oxygens (including phenoxy) is 2. The van der Waals surface area contributed by atoms with E-state index in [2.05, 4.69) is 20.2 Å². The van der Waals surface area contributed by atoms with Crippen LogP contribution in [-0.2, 0) is 4.74 Å². The maximum Gasteiger partial charge on any atom is 0.341 e. The number of carbonyl (C=O) groups is 1. The first kappa shape index (κ1) is 24.1. The molecule has 4 rings (SSSR count). The van der Waals surface area contributed by atoms with Crippen molar-refractivity contribution in [2.75, 3.05) is 13.7 Å². The smallest absolute Gasteiger partial charge is 0.341 e. The molecule has 174 valence electrons. The zero-order valence-corrected chi connectivity index (χ0v) is 19.3. The van der Waals surface area contributed by atoms with Crippen LogP contribution in [0, 0.1) is 18.6 Å². The Kier molecular flexibility index (Phi) is 6.96. The predicted molar refractivity (Wildman–Crippen MR) is 120 cm³/mol. The van der Waals surface area contributed by atoms with Gasteiger partial charge in [-0.3, -0.25) is 4.68 Å². The summed E-state index contributed by atoms with van der Waals surface area (Å²) in [6.45, 7) is 5.52. The fraction of sp³-hybridized carbons (Fsp3) is 0.286. The summed E-state index contributed by atoms with van der Waals surface area (Å²) in [4.78, 5) is 20.9. The number of halogens is 2. The standard InChI is InChI=1S/C21H20F2N6O3.H2S/c1-5-32-20(30)14-9-24-28(10-14)21-25-17-11(2)27-29(18(17)19(26-21)31-4)12(3)13-6-7-15(22)16(23)8-13;/h6-10,12H,5H2,1-4H3;1H2/t12-;/m0./s1. The van der Waals surface area contributed by atoms with E-state index in [9.17, 15) is 13.6 Å². The average Bonchev–Trinajstić information content (AvgIpc) is 3.40. The monoisotopic (exact) mass is 476 g/mol. The minimum absolute atomic E-state index is 0. The third-order valence-electron chi connectivity index (χ3n) is 4.95. The quantitative estimate of drug-likeness (QED) is 0.393. The van der Waals surface area contributed by atoms with E-state index in [1.807, 2.05) is 0 Å². The lowest BCUT2D eigenvalue weighted by Crippen LogP contribution is -2.11. The molecule has 1 atom stereocenters. The lowest BCUT2D eigenvalue weighted by molar-refractivity contribution is 0.0526. The zero-order chi connectivity index (χ0) is 23.0. The maximum absolute atomic E-state index is 13.8. The topological polar surface area (TPSA) is 96.9 Å². The molecule has 9 nitrogen and oxygen atoms in total.